The van der Waals surface area contributed by atoms with Crippen LogP contribution < -0.4 is 0 Å². The number of carboxylic acid groups (broad SMARTS) is 1. The Bertz CT molecular complexity index is 729. The molecule has 2 rings (SSSR count). The molecule has 0 amide bonds. The molecule has 0 unspecified atom stereocenters. The molecule has 0 aromatic heterocycles. The number of fused-ring (bicyclic) bond motifs is 1. The van der Waals surface area contributed by atoms with Gasteiger partial charge < -0.3 is 5.11 Å². The Kier molecular flexibility index (Phi) is 4.02. The van der Waals surface area contributed by atoms with Crippen LogP contribution in [0.4, 0.5) is 0 Å². The Balaban J connectivity index is 3.09. The average molecular weight is 488 g/mol. The van der Waals surface area contributed by atoms with Crippen molar-refractivity contribution in [3.05, 3.63) is 42.3 Å². The predicted octanol–water partition coefficient (Wildman–Crippen LogP) is 4.43. The van der Waals surface area contributed by atoms with Crippen LogP contribution in [0.1, 0.15) is 10.4 Å². The lowest BCUT2D eigenvalue weighted by Gasteiger charge is -2.08. The maximum absolute atomic E-state index is 11.4. The number of hydrogen-bond donors (Lipinski definition) is 1. The van der Waals surface area contributed by atoms with E-state index in [9.17, 15) is 10.9 Å². The van der Waals surface area contributed by atoms with Crippen LogP contribution >= 0.6 is 51.7 Å². The van der Waals surface area contributed by atoms with Crippen molar-refractivity contribution in [3.63, 3.8) is 0 Å². The van der Waals surface area contributed by atoms with Crippen LogP contribution in [0.2, 0.25) is 0 Å². The van der Waals surface area contributed by atoms with Crippen LogP contribution in [-0.2, 0) is 6.14 Å². The number of carboxylic acids is 1. The fourth-order valence-corrected chi connectivity index (χ4v) is 5.02. The summed E-state index contributed by atoms with van der Waals surface area (Å²) in [5.41, 5.74) is -0.198. The Morgan fingerprint density at radius 2 is 1.78 bits per heavy atom. The smallest absolute Gasteiger partial charge is 0.342 e. The van der Waals surface area contributed by atoms with Gasteiger partial charge in [0.15, 0.2) is 0 Å². The maximum atomic E-state index is 11.4. The van der Waals surface area contributed by atoms with Crippen molar-refractivity contribution in [2.75, 3.05) is 0 Å². The quantitative estimate of drug-likeness (QED) is 0.636. The summed E-state index contributed by atoms with van der Waals surface area (Å²) in [6, 6.07) is 6.66. The Morgan fingerprint density at radius 3 is 2.33 bits per heavy atom. The zero-order valence-corrected chi connectivity index (χ0v) is 13.9. The number of carbonyl (C=O) groups is 1. The zero-order chi connectivity index (χ0) is 13.4. The summed E-state index contributed by atoms with van der Waals surface area (Å²) in [4.78, 5) is 11.2. The summed E-state index contributed by atoms with van der Waals surface area (Å²) in [5.74, 6) is -1.26. The first-order valence-corrected chi connectivity index (χ1v) is 9.05. The Labute approximate surface area is 126 Å². The van der Waals surface area contributed by atoms with E-state index in [1.165, 1.54) is 0 Å². The topological polar surface area (TPSA) is 71.4 Å². The molecule has 0 radical (unpaired) electrons. The van der Waals surface area contributed by atoms with Gasteiger partial charge in [0.2, 0.25) is 0 Å². The van der Waals surface area contributed by atoms with E-state index >= 15 is 0 Å². The average Bonchev–Trinajstić information content (AvgIpc) is 2.28. The lowest BCUT2D eigenvalue weighted by atomic mass is 10.1. The van der Waals surface area contributed by atoms with Gasteiger partial charge in [0.25, 0.3) is 0 Å². The Hall–Kier alpha value is -0.540. The molecule has 2 aromatic rings. The van der Waals surface area contributed by atoms with Crippen molar-refractivity contribution in [1.82, 2.24) is 0 Å². The highest BCUT2D eigenvalue weighted by Gasteiger charge is 2.22. The molecule has 0 bridgehead atoms. The minimum absolute atomic E-state index is 0.0858. The van der Waals surface area contributed by atoms with Crippen molar-refractivity contribution in [3.8, 4) is 0 Å². The fourth-order valence-electron chi connectivity index (χ4n) is 1.67. The minimum Gasteiger partial charge on any atom is -0.478 e. The second-order valence-corrected chi connectivity index (χ2v) is 7.43. The molecule has 0 saturated heterocycles. The van der Waals surface area contributed by atoms with Crippen molar-refractivity contribution in [2.24, 2.45) is 0 Å². The molecule has 7 heteroatoms. The third-order valence-corrected chi connectivity index (χ3v) is 5.71. The van der Waals surface area contributed by atoms with Gasteiger partial charge in [-0.3, -0.25) is 0 Å². The molecule has 0 atom stereocenters. The van der Waals surface area contributed by atoms with Gasteiger partial charge in [-0.25, -0.2) is 10.9 Å². The first kappa shape index (κ1) is 13.9. The third-order valence-electron chi connectivity index (χ3n) is 2.39. The number of rotatable bonds is 2. The summed E-state index contributed by atoms with van der Waals surface area (Å²) in [5, 5.41) is 10.2. The van der Waals surface area contributed by atoms with Crippen LogP contribution in [0, 0.1) is 3.57 Å². The van der Waals surface area contributed by atoms with Gasteiger partial charge in [0.05, 0.1) is 9.13 Å². The van der Waals surface area contributed by atoms with Crippen molar-refractivity contribution < 1.29 is 16.0 Å². The van der Waals surface area contributed by atoms with Gasteiger partial charge in [0.1, 0.15) is 0 Å². The van der Waals surface area contributed by atoms with E-state index in [0.717, 1.165) is 4.47 Å². The zero-order valence-electron chi connectivity index (χ0n) is 8.62. The standard InChI is InChI=1S/C11H5Br2IO4/c12-7-3-1-2-5-6(7)4-8(13)9(11(15)16)10(5)14(17)18/h1-4H,(H,15,16). The van der Waals surface area contributed by atoms with Crippen LogP contribution in [0.25, 0.3) is 10.8 Å². The van der Waals surface area contributed by atoms with Gasteiger partial charge in [-0.2, -0.15) is 0 Å². The second-order valence-electron chi connectivity index (χ2n) is 3.40. The van der Waals surface area contributed by atoms with Gasteiger partial charge in [-0.1, -0.05) is 28.1 Å². The molecular formula is C11H5Br2IO4. The first-order chi connectivity index (χ1) is 8.43. The molecule has 94 valence electrons. The number of benzene rings is 2. The number of halogens is 3. The summed E-state index contributed by atoms with van der Waals surface area (Å²) in [6.45, 7) is 0. The molecule has 0 aliphatic heterocycles. The van der Waals surface area contributed by atoms with E-state index in [-0.39, 0.29) is 13.6 Å². The molecule has 4 nitrogen and oxygen atoms in total. The molecule has 1 N–H and O–H groups in total. The molecule has 2 aromatic carbocycles. The summed E-state index contributed by atoms with van der Waals surface area (Å²) < 4.78 is 23.8. The summed E-state index contributed by atoms with van der Waals surface area (Å²) in [7, 11) is 0. The normalized spacial score (nSPS) is 11.1. The van der Waals surface area contributed by atoms with E-state index in [1.54, 1.807) is 24.3 Å². The monoisotopic (exact) mass is 486 g/mol. The molecule has 0 aliphatic carbocycles. The number of aromatic carboxylic acids is 1. The van der Waals surface area contributed by atoms with Gasteiger partial charge in [-0.15, -0.1) is 0 Å². The molecule has 0 saturated carbocycles. The van der Waals surface area contributed by atoms with E-state index in [0.29, 0.717) is 10.8 Å². The van der Waals surface area contributed by atoms with Crippen LogP contribution in [0.5, 0.6) is 0 Å². The van der Waals surface area contributed by atoms with Crippen molar-refractivity contribution in [1.29, 1.82) is 0 Å². The van der Waals surface area contributed by atoms with Crippen molar-refractivity contribution >= 4 is 68.4 Å². The van der Waals surface area contributed by atoms with Gasteiger partial charge >= 0.3 is 25.8 Å². The van der Waals surface area contributed by atoms with E-state index < -0.39 is 25.8 Å². The lowest BCUT2D eigenvalue weighted by molar-refractivity contribution is 0.0695. The van der Waals surface area contributed by atoms with Gasteiger partial charge in [0, 0.05) is 14.3 Å². The van der Waals surface area contributed by atoms with Crippen LogP contribution in [-0.4, -0.2) is 11.1 Å². The highest BCUT2D eigenvalue weighted by atomic mass is 127. The molecule has 18 heavy (non-hydrogen) atoms. The van der Waals surface area contributed by atoms with E-state index in [1.807, 2.05) is 0 Å². The highest BCUT2D eigenvalue weighted by Crippen LogP contribution is 2.37. The Morgan fingerprint density at radius 1 is 1.11 bits per heavy atom. The van der Waals surface area contributed by atoms with E-state index in [4.69, 9.17) is 5.11 Å². The van der Waals surface area contributed by atoms with Crippen LogP contribution in [0.15, 0.2) is 33.2 Å². The SMILES string of the molecule is O=C(O)c1c(Br)cc2c(Br)cccc2c1I(=O)=O. The molecule has 0 spiro atoms. The highest BCUT2D eigenvalue weighted by molar-refractivity contribution is 14.2. The molecule has 0 fully saturated rings. The molecule has 0 heterocycles. The van der Waals surface area contributed by atoms with E-state index in [2.05, 4.69) is 31.9 Å². The third kappa shape index (κ3) is 2.30. The summed E-state index contributed by atoms with van der Waals surface area (Å²) in [6.07, 6.45) is 0. The summed E-state index contributed by atoms with van der Waals surface area (Å²) >= 11 is 2.50. The minimum atomic E-state index is -3.93. The van der Waals surface area contributed by atoms with Crippen LogP contribution in [0.3, 0.4) is 0 Å². The maximum Gasteiger partial charge on any atom is 0.342 e. The number of hydrogen-bond acceptors (Lipinski definition) is 3. The second kappa shape index (κ2) is 5.22. The molecular weight excluding hydrogens is 483 g/mol. The largest absolute Gasteiger partial charge is 0.478 e. The van der Waals surface area contributed by atoms with Gasteiger partial charge in [-0.05, 0) is 33.4 Å². The first-order valence-electron chi connectivity index (χ1n) is 4.62. The van der Waals surface area contributed by atoms with Crippen molar-refractivity contribution in [2.45, 2.75) is 0 Å². The lowest BCUT2D eigenvalue weighted by Crippen LogP contribution is -2.02. The molecule has 0 aliphatic rings. The predicted molar refractivity (Wildman–Crippen MR) is 80.4 cm³/mol. The fraction of sp³-hybridized carbons (Fsp3) is 0.